The molecule has 0 fully saturated rings. The van der Waals surface area contributed by atoms with Crippen molar-refractivity contribution in [3.8, 4) is 0 Å². The Bertz CT molecular complexity index is 750. The van der Waals surface area contributed by atoms with Crippen LogP contribution in [0.2, 0.25) is 5.02 Å². The van der Waals surface area contributed by atoms with E-state index < -0.39 is 0 Å². The molecule has 0 aliphatic carbocycles. The van der Waals surface area contributed by atoms with E-state index in [2.05, 4.69) is 10.6 Å². The van der Waals surface area contributed by atoms with E-state index in [1.165, 1.54) is 6.08 Å². The van der Waals surface area contributed by atoms with Crippen molar-refractivity contribution < 1.29 is 9.59 Å². The van der Waals surface area contributed by atoms with E-state index in [4.69, 9.17) is 11.6 Å². The van der Waals surface area contributed by atoms with Crippen molar-refractivity contribution in [3.05, 3.63) is 65.2 Å². The van der Waals surface area contributed by atoms with E-state index >= 15 is 0 Å². The SMILES string of the molecule is CC(C)CC(=O)Nc1ccc(NC(=O)/C=C/c2ccc(Cl)cc2)cc1. The van der Waals surface area contributed by atoms with Crippen LogP contribution in [0.5, 0.6) is 0 Å². The Balaban J connectivity index is 1.88. The first kappa shape index (κ1) is 18.7. The van der Waals surface area contributed by atoms with Gasteiger partial charge >= 0.3 is 0 Å². The molecule has 0 bridgehead atoms. The first-order chi connectivity index (χ1) is 11.9. The molecule has 2 amide bonds. The Morgan fingerprint density at radius 1 is 0.960 bits per heavy atom. The third kappa shape index (κ3) is 6.81. The average molecular weight is 357 g/mol. The number of hydrogen-bond donors (Lipinski definition) is 2. The molecule has 130 valence electrons. The number of nitrogens with one attached hydrogen (secondary N) is 2. The molecule has 0 heterocycles. The van der Waals surface area contributed by atoms with Gasteiger partial charge in [-0.15, -0.1) is 0 Å². The van der Waals surface area contributed by atoms with Gasteiger partial charge in [0.2, 0.25) is 11.8 Å². The summed E-state index contributed by atoms with van der Waals surface area (Å²) in [6.07, 6.45) is 3.65. The molecule has 5 heteroatoms. The predicted octanol–water partition coefficient (Wildman–Crippen LogP) is 4.98. The smallest absolute Gasteiger partial charge is 0.248 e. The lowest BCUT2D eigenvalue weighted by Gasteiger charge is -2.08. The fourth-order valence-corrected chi connectivity index (χ4v) is 2.28. The van der Waals surface area contributed by atoms with Crippen LogP contribution >= 0.6 is 11.6 Å². The van der Waals surface area contributed by atoms with Crippen molar-refractivity contribution in [3.63, 3.8) is 0 Å². The molecule has 0 saturated heterocycles. The molecule has 2 N–H and O–H groups in total. The fourth-order valence-electron chi connectivity index (χ4n) is 2.15. The van der Waals surface area contributed by atoms with Crippen LogP contribution < -0.4 is 10.6 Å². The number of benzene rings is 2. The molecule has 4 nitrogen and oxygen atoms in total. The van der Waals surface area contributed by atoms with E-state index in [0.29, 0.717) is 28.7 Å². The summed E-state index contributed by atoms with van der Waals surface area (Å²) < 4.78 is 0. The first-order valence-corrected chi connectivity index (χ1v) is 8.45. The summed E-state index contributed by atoms with van der Waals surface area (Å²) in [6.45, 7) is 3.99. The molecule has 2 aromatic rings. The van der Waals surface area contributed by atoms with Gasteiger partial charge in [0.05, 0.1) is 0 Å². The molecule has 0 aliphatic heterocycles. The molecule has 0 spiro atoms. The third-order valence-corrected chi connectivity index (χ3v) is 3.58. The molecule has 0 radical (unpaired) electrons. The van der Waals surface area contributed by atoms with Crippen LogP contribution in [0, 0.1) is 5.92 Å². The van der Waals surface area contributed by atoms with Crippen LogP contribution in [0.25, 0.3) is 6.08 Å². The number of carbonyl (C=O) groups excluding carboxylic acids is 2. The van der Waals surface area contributed by atoms with Gasteiger partial charge in [0.15, 0.2) is 0 Å². The van der Waals surface area contributed by atoms with E-state index in [9.17, 15) is 9.59 Å². The molecule has 2 rings (SSSR count). The van der Waals surface area contributed by atoms with Gasteiger partial charge in [-0.3, -0.25) is 9.59 Å². The minimum atomic E-state index is -0.230. The highest BCUT2D eigenvalue weighted by Gasteiger charge is 2.05. The van der Waals surface area contributed by atoms with Crippen molar-refractivity contribution in [2.75, 3.05) is 10.6 Å². The number of rotatable bonds is 6. The van der Waals surface area contributed by atoms with Crippen molar-refractivity contribution in [2.24, 2.45) is 5.92 Å². The topological polar surface area (TPSA) is 58.2 Å². The van der Waals surface area contributed by atoms with Gasteiger partial charge < -0.3 is 10.6 Å². The standard InChI is InChI=1S/C20H21ClN2O2/c1-14(2)13-20(25)23-18-10-8-17(9-11-18)22-19(24)12-5-15-3-6-16(21)7-4-15/h3-12,14H,13H2,1-2H3,(H,22,24)(H,23,25)/b12-5+. The predicted molar refractivity (Wildman–Crippen MR) is 104 cm³/mol. The molecule has 0 aromatic heterocycles. The van der Waals surface area contributed by atoms with E-state index in [1.807, 2.05) is 26.0 Å². The minimum Gasteiger partial charge on any atom is -0.326 e. The Labute approximate surface area is 152 Å². The van der Waals surface area contributed by atoms with Crippen molar-refractivity contribution >= 4 is 40.9 Å². The van der Waals surface area contributed by atoms with Gasteiger partial charge in [-0.05, 0) is 54.0 Å². The molecular formula is C20H21ClN2O2. The zero-order valence-corrected chi connectivity index (χ0v) is 15.0. The molecule has 0 atom stereocenters. The fraction of sp³-hybridized carbons (Fsp3) is 0.200. The van der Waals surface area contributed by atoms with Crippen LogP contribution in [0.4, 0.5) is 11.4 Å². The van der Waals surface area contributed by atoms with Gasteiger partial charge in [0.25, 0.3) is 0 Å². The van der Waals surface area contributed by atoms with Crippen molar-refractivity contribution in [1.82, 2.24) is 0 Å². The molecule has 25 heavy (non-hydrogen) atoms. The molecule has 2 aromatic carbocycles. The number of anilines is 2. The third-order valence-electron chi connectivity index (χ3n) is 3.33. The Kier molecular flexibility index (Phi) is 6.78. The summed E-state index contributed by atoms with van der Waals surface area (Å²) in [7, 11) is 0. The summed E-state index contributed by atoms with van der Waals surface area (Å²) >= 11 is 5.82. The van der Waals surface area contributed by atoms with Gasteiger partial charge in [-0.25, -0.2) is 0 Å². The van der Waals surface area contributed by atoms with Crippen LogP contribution in [-0.2, 0) is 9.59 Å². The molecule has 0 aliphatic rings. The number of carbonyl (C=O) groups is 2. The van der Waals surface area contributed by atoms with Gasteiger partial charge in [-0.2, -0.15) is 0 Å². The van der Waals surface area contributed by atoms with Crippen LogP contribution in [0.15, 0.2) is 54.6 Å². The van der Waals surface area contributed by atoms with E-state index in [0.717, 1.165) is 5.56 Å². The second-order valence-corrected chi connectivity index (χ2v) is 6.53. The Hall–Kier alpha value is -2.59. The second-order valence-electron chi connectivity index (χ2n) is 6.10. The second kappa shape index (κ2) is 9.04. The number of amides is 2. The van der Waals surface area contributed by atoms with Crippen LogP contribution in [0.3, 0.4) is 0 Å². The summed E-state index contributed by atoms with van der Waals surface area (Å²) in [4.78, 5) is 23.7. The summed E-state index contributed by atoms with van der Waals surface area (Å²) in [5.74, 6) is 0.0650. The van der Waals surface area contributed by atoms with Gasteiger partial charge in [-0.1, -0.05) is 37.6 Å². The highest BCUT2D eigenvalue weighted by molar-refractivity contribution is 6.30. The Morgan fingerprint density at radius 2 is 1.52 bits per heavy atom. The van der Waals surface area contributed by atoms with Crippen LogP contribution in [0.1, 0.15) is 25.8 Å². The first-order valence-electron chi connectivity index (χ1n) is 8.07. The maximum atomic E-state index is 11.9. The highest BCUT2D eigenvalue weighted by atomic mass is 35.5. The lowest BCUT2D eigenvalue weighted by molar-refractivity contribution is -0.117. The van der Waals surface area contributed by atoms with Crippen molar-refractivity contribution in [1.29, 1.82) is 0 Å². The minimum absolute atomic E-state index is 0.0160. The van der Waals surface area contributed by atoms with Gasteiger partial charge in [0, 0.05) is 28.9 Å². The molecule has 0 saturated carbocycles. The maximum Gasteiger partial charge on any atom is 0.248 e. The summed E-state index contributed by atoms with van der Waals surface area (Å²) in [5.41, 5.74) is 2.26. The lowest BCUT2D eigenvalue weighted by Crippen LogP contribution is -2.14. The van der Waals surface area contributed by atoms with E-state index in [1.54, 1.807) is 42.5 Å². The van der Waals surface area contributed by atoms with Crippen LogP contribution in [-0.4, -0.2) is 11.8 Å². The zero-order valence-electron chi connectivity index (χ0n) is 14.3. The molecule has 0 unspecified atom stereocenters. The number of halogens is 1. The zero-order chi connectivity index (χ0) is 18.2. The largest absolute Gasteiger partial charge is 0.326 e. The quantitative estimate of drug-likeness (QED) is 0.717. The summed E-state index contributed by atoms with van der Waals surface area (Å²) in [5, 5.41) is 6.26. The monoisotopic (exact) mass is 356 g/mol. The lowest BCUT2D eigenvalue weighted by atomic mass is 10.1. The normalized spacial score (nSPS) is 10.9. The maximum absolute atomic E-state index is 11.9. The van der Waals surface area contributed by atoms with E-state index in [-0.39, 0.29) is 11.8 Å². The van der Waals surface area contributed by atoms with Gasteiger partial charge in [0.1, 0.15) is 0 Å². The summed E-state index contributed by atoms with van der Waals surface area (Å²) in [6, 6.07) is 14.2. The van der Waals surface area contributed by atoms with Crippen molar-refractivity contribution in [2.45, 2.75) is 20.3 Å². The molecular weight excluding hydrogens is 336 g/mol. The highest BCUT2D eigenvalue weighted by Crippen LogP contribution is 2.15. The Morgan fingerprint density at radius 3 is 2.08 bits per heavy atom. The number of hydrogen-bond acceptors (Lipinski definition) is 2. The average Bonchev–Trinajstić information content (AvgIpc) is 2.55.